The summed E-state index contributed by atoms with van der Waals surface area (Å²) in [6, 6.07) is 3.91. The molecule has 2 atom stereocenters. The van der Waals surface area contributed by atoms with E-state index in [0.29, 0.717) is 18.6 Å². The zero-order valence-electron chi connectivity index (χ0n) is 14.7. The number of benzene rings is 1. The van der Waals surface area contributed by atoms with Crippen LogP contribution in [0.2, 0.25) is 0 Å². The second-order valence-corrected chi connectivity index (χ2v) is 7.77. The van der Waals surface area contributed by atoms with Crippen LogP contribution < -0.4 is 4.74 Å². The van der Waals surface area contributed by atoms with Gasteiger partial charge >= 0.3 is 11.9 Å². The summed E-state index contributed by atoms with van der Waals surface area (Å²) in [6.07, 6.45) is 1.17. The van der Waals surface area contributed by atoms with Crippen molar-refractivity contribution in [3.05, 3.63) is 28.8 Å². The van der Waals surface area contributed by atoms with Gasteiger partial charge in [0, 0.05) is 5.41 Å². The Morgan fingerprint density at radius 1 is 1.13 bits per heavy atom. The molecule has 1 heterocycles. The van der Waals surface area contributed by atoms with Crippen LogP contribution in [0, 0.1) is 31.6 Å². The number of esters is 2. The predicted molar refractivity (Wildman–Crippen MR) is 86.2 cm³/mol. The van der Waals surface area contributed by atoms with E-state index in [1.54, 1.807) is 0 Å². The van der Waals surface area contributed by atoms with Crippen molar-refractivity contribution in [3.63, 3.8) is 0 Å². The van der Waals surface area contributed by atoms with Crippen LogP contribution in [0.5, 0.6) is 5.75 Å². The largest absolute Gasteiger partial charge is 0.446 e. The molecule has 1 saturated carbocycles. The number of hydrogen-bond donors (Lipinski definition) is 0. The topological polar surface area (TPSA) is 52.6 Å². The Bertz CT molecular complexity index is 718. The summed E-state index contributed by atoms with van der Waals surface area (Å²) in [5.74, 6) is -0.192. The van der Waals surface area contributed by atoms with Crippen molar-refractivity contribution >= 4 is 11.9 Å². The summed E-state index contributed by atoms with van der Waals surface area (Å²) >= 11 is 0. The van der Waals surface area contributed by atoms with Crippen molar-refractivity contribution in [2.24, 2.45) is 10.8 Å². The molecule has 0 spiro atoms. The van der Waals surface area contributed by atoms with Gasteiger partial charge in [-0.05, 0) is 63.3 Å². The molecule has 4 nitrogen and oxygen atoms in total. The Labute approximate surface area is 137 Å². The fraction of sp³-hybridized carbons (Fsp3) is 0.579. The van der Waals surface area contributed by atoms with Crippen LogP contribution in [0.3, 0.4) is 0 Å². The number of ether oxygens (including phenoxy) is 2. The lowest BCUT2D eigenvalue weighted by Gasteiger charge is -2.34. The highest BCUT2D eigenvalue weighted by molar-refractivity contribution is 5.94. The maximum Gasteiger partial charge on any atom is 0.356 e. The zero-order chi connectivity index (χ0) is 17.2. The SMILES string of the molecule is Cc1cc(C)c(C)c(OC(=O)C23CCC(C)(C(=O)O2)C3(C)C)c1. The van der Waals surface area contributed by atoms with E-state index in [-0.39, 0.29) is 5.97 Å². The summed E-state index contributed by atoms with van der Waals surface area (Å²) < 4.78 is 11.3. The third kappa shape index (κ3) is 1.84. The first-order chi connectivity index (χ1) is 10.5. The van der Waals surface area contributed by atoms with Crippen molar-refractivity contribution < 1.29 is 19.1 Å². The molecule has 4 heteroatoms. The summed E-state index contributed by atoms with van der Waals surface area (Å²) in [4.78, 5) is 25.3. The Kier molecular flexibility index (Phi) is 3.20. The van der Waals surface area contributed by atoms with Crippen LogP contribution in [-0.2, 0) is 14.3 Å². The standard InChI is InChI=1S/C19H24O4/c1-11-9-12(2)13(3)14(10-11)22-16(21)19-8-7-18(6,15(20)23-19)17(19,4)5/h9-10H,7-8H2,1-6H3. The number of aryl methyl sites for hydroxylation is 2. The molecule has 1 aliphatic heterocycles. The van der Waals surface area contributed by atoms with Crippen LogP contribution >= 0.6 is 0 Å². The molecule has 1 saturated heterocycles. The first kappa shape index (κ1) is 16.0. The van der Waals surface area contributed by atoms with E-state index in [1.165, 1.54) is 0 Å². The fourth-order valence-electron chi connectivity index (χ4n) is 3.99. The van der Waals surface area contributed by atoms with Gasteiger partial charge in [0.2, 0.25) is 5.60 Å². The zero-order valence-corrected chi connectivity index (χ0v) is 14.7. The van der Waals surface area contributed by atoms with Crippen LogP contribution in [0.4, 0.5) is 0 Å². The van der Waals surface area contributed by atoms with Crippen LogP contribution in [0.25, 0.3) is 0 Å². The summed E-state index contributed by atoms with van der Waals surface area (Å²) in [6.45, 7) is 11.6. The second kappa shape index (κ2) is 4.59. The minimum Gasteiger partial charge on any atom is -0.446 e. The van der Waals surface area contributed by atoms with Gasteiger partial charge in [-0.25, -0.2) is 4.79 Å². The molecule has 3 rings (SSSR count). The third-order valence-corrected chi connectivity index (χ3v) is 6.38. The third-order valence-electron chi connectivity index (χ3n) is 6.38. The number of hydrogen-bond acceptors (Lipinski definition) is 4. The first-order valence-electron chi connectivity index (χ1n) is 8.09. The number of carbonyl (C=O) groups excluding carboxylic acids is 2. The van der Waals surface area contributed by atoms with Crippen LogP contribution in [0.15, 0.2) is 12.1 Å². The minimum atomic E-state index is -1.18. The summed E-state index contributed by atoms with van der Waals surface area (Å²) in [7, 11) is 0. The average Bonchev–Trinajstić information content (AvgIpc) is 2.74. The molecule has 1 aromatic carbocycles. The van der Waals surface area contributed by atoms with Crippen molar-refractivity contribution in [2.45, 2.75) is 60.0 Å². The molecule has 0 aromatic heterocycles. The predicted octanol–water partition coefficient (Wildman–Crippen LogP) is 3.64. The highest BCUT2D eigenvalue weighted by Gasteiger charge is 2.76. The van der Waals surface area contributed by atoms with Gasteiger partial charge < -0.3 is 9.47 Å². The fourth-order valence-corrected chi connectivity index (χ4v) is 3.99. The highest BCUT2D eigenvalue weighted by Crippen LogP contribution is 2.65. The molecule has 23 heavy (non-hydrogen) atoms. The average molecular weight is 316 g/mol. The first-order valence-corrected chi connectivity index (χ1v) is 8.09. The van der Waals surface area contributed by atoms with E-state index in [4.69, 9.17) is 9.47 Å². The van der Waals surface area contributed by atoms with E-state index >= 15 is 0 Å². The molecule has 2 unspecified atom stereocenters. The van der Waals surface area contributed by atoms with Gasteiger partial charge in [-0.15, -0.1) is 0 Å². The van der Waals surface area contributed by atoms with Crippen molar-refractivity contribution in [1.82, 2.24) is 0 Å². The summed E-state index contributed by atoms with van der Waals surface area (Å²) in [5.41, 5.74) is 0.660. The molecule has 124 valence electrons. The Hall–Kier alpha value is -1.84. The number of carbonyl (C=O) groups is 2. The van der Waals surface area contributed by atoms with Gasteiger partial charge in [-0.1, -0.05) is 19.9 Å². The Morgan fingerprint density at radius 2 is 1.78 bits per heavy atom. The minimum absolute atomic E-state index is 0.289. The van der Waals surface area contributed by atoms with Crippen LogP contribution in [0.1, 0.15) is 50.3 Å². The lowest BCUT2D eigenvalue weighted by molar-refractivity contribution is -0.176. The lowest BCUT2D eigenvalue weighted by Crippen LogP contribution is -2.50. The molecule has 1 aromatic rings. The van der Waals surface area contributed by atoms with Crippen LogP contribution in [-0.4, -0.2) is 17.5 Å². The van der Waals surface area contributed by atoms with Crippen molar-refractivity contribution in [2.75, 3.05) is 0 Å². The van der Waals surface area contributed by atoms with Gasteiger partial charge in [0.05, 0.1) is 5.41 Å². The van der Waals surface area contributed by atoms with Gasteiger partial charge in [0.1, 0.15) is 5.75 Å². The van der Waals surface area contributed by atoms with Gasteiger partial charge in [-0.3, -0.25) is 4.79 Å². The van der Waals surface area contributed by atoms with E-state index in [9.17, 15) is 9.59 Å². The lowest BCUT2D eigenvalue weighted by atomic mass is 9.66. The maximum absolute atomic E-state index is 13.0. The van der Waals surface area contributed by atoms with Crippen molar-refractivity contribution in [3.8, 4) is 5.75 Å². The molecule has 0 radical (unpaired) electrons. The van der Waals surface area contributed by atoms with Gasteiger partial charge in [0.25, 0.3) is 0 Å². The summed E-state index contributed by atoms with van der Waals surface area (Å²) in [5, 5.41) is 0. The normalized spacial score (nSPS) is 31.1. The quantitative estimate of drug-likeness (QED) is 0.617. The van der Waals surface area contributed by atoms with Gasteiger partial charge in [0.15, 0.2) is 0 Å². The highest BCUT2D eigenvalue weighted by atomic mass is 16.6. The maximum atomic E-state index is 13.0. The molecule has 2 fully saturated rings. The molecular weight excluding hydrogens is 292 g/mol. The smallest absolute Gasteiger partial charge is 0.356 e. The molecule has 1 aliphatic carbocycles. The number of fused-ring (bicyclic) bond motifs is 2. The monoisotopic (exact) mass is 316 g/mol. The molecule has 2 bridgehead atoms. The van der Waals surface area contributed by atoms with E-state index < -0.39 is 22.4 Å². The van der Waals surface area contributed by atoms with E-state index in [0.717, 1.165) is 16.7 Å². The molecule has 2 aliphatic rings. The Morgan fingerprint density at radius 3 is 2.30 bits per heavy atom. The second-order valence-electron chi connectivity index (χ2n) is 7.77. The van der Waals surface area contributed by atoms with Crippen molar-refractivity contribution in [1.29, 1.82) is 0 Å². The Balaban J connectivity index is 1.98. The van der Waals surface area contributed by atoms with E-state index in [1.807, 2.05) is 47.6 Å². The molecular formula is C19H24O4. The van der Waals surface area contributed by atoms with E-state index in [2.05, 4.69) is 6.07 Å². The molecule has 0 N–H and O–H groups in total. The number of rotatable bonds is 2. The van der Waals surface area contributed by atoms with Gasteiger partial charge in [-0.2, -0.15) is 0 Å². The molecule has 0 amide bonds.